The fraction of sp³-hybridized carbons (Fsp3) is 0.667. The first-order valence-corrected chi connectivity index (χ1v) is 2.41. The summed E-state index contributed by atoms with van der Waals surface area (Å²) in [5.41, 5.74) is 4.94. The summed E-state index contributed by atoms with van der Waals surface area (Å²) < 4.78 is 0. The molecule has 0 bridgehead atoms. The number of carboxylic acids is 1. The Balaban J connectivity index is -0.0000000600. The van der Waals surface area contributed by atoms with E-state index in [0.29, 0.717) is 0 Å². The van der Waals surface area contributed by atoms with Gasteiger partial charge in [-0.05, 0) is 0 Å². The van der Waals surface area contributed by atoms with Gasteiger partial charge >= 0.3 is 43.7 Å². The van der Waals surface area contributed by atoms with Gasteiger partial charge in [0.1, 0.15) is 6.04 Å². The standard InChI is InChI=1S/C3H7NO2S.Ca.2H/c4-2(1-7)3(5)6;;;/h2,7H,1,4H2,(H,5,6);;;/q;+2;2*-1/t2-;;;/m0.../s1. The average molecular weight is 163 g/mol. The molecule has 3 N–H and O–H groups in total. The van der Waals surface area contributed by atoms with Crippen LogP contribution in [-0.2, 0) is 4.79 Å². The molecule has 0 amide bonds. The molecule has 3 nitrogen and oxygen atoms in total. The van der Waals surface area contributed by atoms with E-state index in [1.807, 2.05) is 0 Å². The molecule has 0 radical (unpaired) electrons. The third kappa shape index (κ3) is 5.18. The van der Waals surface area contributed by atoms with Crippen LogP contribution in [0, 0.1) is 0 Å². The summed E-state index contributed by atoms with van der Waals surface area (Å²) in [6.45, 7) is 0. The minimum absolute atomic E-state index is 0. The number of carbonyl (C=O) groups is 1. The van der Waals surface area contributed by atoms with Crippen molar-refractivity contribution in [1.82, 2.24) is 0 Å². The Morgan fingerprint density at radius 3 is 2.38 bits per heavy atom. The third-order valence-electron chi connectivity index (χ3n) is 0.514. The van der Waals surface area contributed by atoms with Crippen molar-refractivity contribution in [2.24, 2.45) is 5.73 Å². The van der Waals surface area contributed by atoms with Gasteiger partial charge in [0.15, 0.2) is 0 Å². The van der Waals surface area contributed by atoms with Crippen LogP contribution in [0.5, 0.6) is 0 Å². The van der Waals surface area contributed by atoms with Crippen molar-refractivity contribution in [2.75, 3.05) is 5.75 Å². The number of hydrogen-bond acceptors (Lipinski definition) is 3. The van der Waals surface area contributed by atoms with Gasteiger partial charge in [0.2, 0.25) is 0 Å². The van der Waals surface area contributed by atoms with Crippen LogP contribution >= 0.6 is 12.6 Å². The fourth-order valence-electron chi connectivity index (χ4n) is 0.0781. The molecule has 0 aliphatic heterocycles. The van der Waals surface area contributed by atoms with E-state index < -0.39 is 12.0 Å². The van der Waals surface area contributed by atoms with Crippen molar-refractivity contribution in [1.29, 1.82) is 0 Å². The minimum atomic E-state index is -1.00. The molecule has 0 heterocycles. The van der Waals surface area contributed by atoms with Gasteiger partial charge < -0.3 is 13.7 Å². The molecule has 0 saturated heterocycles. The molecule has 1 atom stereocenters. The molecule has 0 aromatic carbocycles. The molecule has 8 heavy (non-hydrogen) atoms. The summed E-state index contributed by atoms with van der Waals surface area (Å²) in [5, 5.41) is 8.01. The van der Waals surface area contributed by atoms with Crippen LogP contribution < -0.4 is 5.73 Å². The van der Waals surface area contributed by atoms with Crippen molar-refractivity contribution in [3.63, 3.8) is 0 Å². The first-order chi connectivity index (χ1) is 3.18. The zero-order valence-corrected chi connectivity index (χ0v) is 7.47. The zero-order chi connectivity index (χ0) is 5.86. The molecule has 0 fully saturated rings. The van der Waals surface area contributed by atoms with Crippen LogP contribution in [0.1, 0.15) is 2.85 Å². The first-order valence-electron chi connectivity index (χ1n) is 1.77. The van der Waals surface area contributed by atoms with Crippen LogP contribution in [0.2, 0.25) is 0 Å². The van der Waals surface area contributed by atoms with E-state index in [2.05, 4.69) is 12.6 Å². The number of hydrogen-bond donors (Lipinski definition) is 3. The molecule has 0 aliphatic carbocycles. The second-order valence-corrected chi connectivity index (χ2v) is 1.49. The van der Waals surface area contributed by atoms with E-state index in [4.69, 9.17) is 10.8 Å². The normalized spacial score (nSPS) is 11.8. The van der Waals surface area contributed by atoms with Crippen LogP contribution in [0.25, 0.3) is 0 Å². The summed E-state index contributed by atoms with van der Waals surface area (Å²) in [7, 11) is 0. The Labute approximate surface area is 86.0 Å². The molecule has 5 heteroatoms. The summed E-state index contributed by atoms with van der Waals surface area (Å²) in [6, 6.07) is -0.816. The topological polar surface area (TPSA) is 63.3 Å². The van der Waals surface area contributed by atoms with Crippen molar-refractivity contribution in [3.05, 3.63) is 0 Å². The van der Waals surface area contributed by atoms with Gasteiger partial charge in [0.05, 0.1) is 0 Å². The number of carboxylic acid groups (broad SMARTS) is 1. The number of nitrogens with two attached hydrogens (primary N) is 1. The predicted octanol–water partition coefficient (Wildman–Crippen LogP) is -0.828. The monoisotopic (exact) mass is 163 g/mol. The van der Waals surface area contributed by atoms with Gasteiger partial charge in [-0.25, -0.2) is 0 Å². The molecular weight excluding hydrogens is 154 g/mol. The zero-order valence-electron chi connectivity index (χ0n) is 6.37. The van der Waals surface area contributed by atoms with E-state index >= 15 is 0 Å². The van der Waals surface area contributed by atoms with Gasteiger partial charge in [-0.3, -0.25) is 4.79 Å². The summed E-state index contributed by atoms with van der Waals surface area (Å²) in [4.78, 5) is 9.76. The molecule has 46 valence electrons. The Morgan fingerprint density at radius 1 is 2.00 bits per heavy atom. The molecular formula is C3H9CaNO2S. The van der Waals surface area contributed by atoms with E-state index in [1.54, 1.807) is 0 Å². The molecule has 0 spiro atoms. The van der Waals surface area contributed by atoms with Gasteiger partial charge in [-0.1, -0.05) is 0 Å². The van der Waals surface area contributed by atoms with Gasteiger partial charge in [-0.15, -0.1) is 0 Å². The minimum Gasteiger partial charge on any atom is -1.00 e. The Morgan fingerprint density at radius 2 is 2.38 bits per heavy atom. The van der Waals surface area contributed by atoms with Crippen molar-refractivity contribution >= 4 is 56.3 Å². The second-order valence-electron chi connectivity index (χ2n) is 1.13. The second kappa shape index (κ2) is 6.16. The molecule has 0 rings (SSSR count). The van der Waals surface area contributed by atoms with Gasteiger partial charge in [0, 0.05) is 5.75 Å². The first kappa shape index (κ1) is 11.8. The molecule has 0 aromatic rings. The number of thiol groups is 1. The molecule has 0 aromatic heterocycles. The van der Waals surface area contributed by atoms with Gasteiger partial charge in [-0.2, -0.15) is 12.6 Å². The Kier molecular flexibility index (Phi) is 9.08. The van der Waals surface area contributed by atoms with Crippen LogP contribution in [0.3, 0.4) is 0 Å². The maximum absolute atomic E-state index is 9.76. The fourth-order valence-corrected chi connectivity index (χ4v) is 0.234. The Hall–Kier alpha value is 1.04. The predicted molar refractivity (Wildman–Crippen MR) is 37.4 cm³/mol. The van der Waals surface area contributed by atoms with Crippen molar-refractivity contribution in [2.45, 2.75) is 6.04 Å². The number of rotatable bonds is 2. The van der Waals surface area contributed by atoms with Crippen molar-refractivity contribution < 1.29 is 12.8 Å². The summed E-state index contributed by atoms with van der Waals surface area (Å²) in [6.07, 6.45) is 0. The summed E-state index contributed by atoms with van der Waals surface area (Å²) in [5.74, 6) is -0.815. The van der Waals surface area contributed by atoms with Crippen molar-refractivity contribution in [3.8, 4) is 0 Å². The van der Waals surface area contributed by atoms with E-state index in [1.165, 1.54) is 0 Å². The Bertz CT molecular complexity index is 86.9. The van der Waals surface area contributed by atoms with Crippen LogP contribution in [-0.4, -0.2) is 60.6 Å². The number of aliphatic carboxylic acids is 1. The molecule has 0 saturated carbocycles. The summed E-state index contributed by atoms with van der Waals surface area (Å²) >= 11 is 3.65. The van der Waals surface area contributed by atoms with Gasteiger partial charge in [0.25, 0.3) is 0 Å². The molecule has 0 aliphatic rings. The smallest absolute Gasteiger partial charge is 1.00 e. The van der Waals surface area contributed by atoms with Crippen LogP contribution in [0.15, 0.2) is 0 Å². The maximum atomic E-state index is 9.76. The quantitative estimate of drug-likeness (QED) is 0.368. The van der Waals surface area contributed by atoms with E-state index in [0.717, 1.165) is 0 Å². The molecule has 0 unspecified atom stereocenters. The van der Waals surface area contributed by atoms with E-state index in [9.17, 15) is 4.79 Å². The average Bonchev–Trinajstić information content (AvgIpc) is 1.65. The third-order valence-corrected chi connectivity index (χ3v) is 0.907. The van der Waals surface area contributed by atoms with Crippen LogP contribution in [0.4, 0.5) is 0 Å². The maximum Gasteiger partial charge on any atom is 2.00 e. The SMILES string of the molecule is N[C@@H](CS)C(=O)O.[Ca+2].[H-].[H-]. The largest absolute Gasteiger partial charge is 2.00 e. The van der Waals surface area contributed by atoms with E-state index in [-0.39, 0.29) is 46.3 Å².